The van der Waals surface area contributed by atoms with Crippen molar-refractivity contribution in [2.75, 3.05) is 0 Å². The largest absolute Gasteiger partial charge is 0.456 e. The molecule has 4 heterocycles. The Morgan fingerprint density at radius 3 is 1.00 bits per heavy atom. The highest BCUT2D eigenvalue weighted by Crippen LogP contribution is 2.40. The number of nitrogens with zero attached hydrogens (tertiary/aromatic N) is 2. The maximum Gasteiger partial charge on any atom is 0.137 e. The summed E-state index contributed by atoms with van der Waals surface area (Å²) in [5.74, 6) is 0. The molecule has 4 aromatic heterocycles. The van der Waals surface area contributed by atoms with Crippen molar-refractivity contribution in [3.63, 3.8) is 0 Å². The molecule has 4 nitrogen and oxygen atoms in total. The number of benzene rings is 9. The first-order chi connectivity index (χ1) is 28.7. The predicted molar refractivity (Wildman–Crippen MR) is 241 cm³/mol. The van der Waals surface area contributed by atoms with E-state index in [0.717, 1.165) is 66.3 Å². The van der Waals surface area contributed by atoms with Crippen molar-refractivity contribution in [2.45, 2.75) is 0 Å². The normalized spacial score (nSPS) is 12.1. The molecule has 0 N–H and O–H groups in total. The summed E-state index contributed by atoms with van der Waals surface area (Å²) in [4.78, 5) is 0. The molecule has 0 radical (unpaired) electrons. The van der Waals surface area contributed by atoms with Gasteiger partial charge in [-0.05, 0) is 82.9 Å². The Balaban J connectivity index is 0.832. The van der Waals surface area contributed by atoms with Gasteiger partial charge in [-0.2, -0.15) is 0 Å². The van der Waals surface area contributed by atoms with Crippen LogP contribution in [0.15, 0.2) is 203 Å². The van der Waals surface area contributed by atoms with E-state index in [9.17, 15) is 0 Å². The van der Waals surface area contributed by atoms with E-state index in [1.807, 2.05) is 24.3 Å². The lowest BCUT2D eigenvalue weighted by Gasteiger charge is -2.11. The minimum absolute atomic E-state index is 0.903. The zero-order valence-electron chi connectivity index (χ0n) is 31.2. The molecule has 13 rings (SSSR count). The second kappa shape index (κ2) is 11.8. The highest BCUT2D eigenvalue weighted by atomic mass is 16.3. The lowest BCUT2D eigenvalue weighted by atomic mass is 10.00. The van der Waals surface area contributed by atoms with Crippen molar-refractivity contribution in [1.82, 2.24) is 9.13 Å². The van der Waals surface area contributed by atoms with Crippen LogP contribution in [0.3, 0.4) is 0 Å². The molecule has 0 atom stereocenters. The monoisotopic (exact) mass is 740 g/mol. The molecule has 0 amide bonds. The summed E-state index contributed by atoms with van der Waals surface area (Å²) in [6, 6.07) is 69.6. The molecule has 0 unspecified atom stereocenters. The van der Waals surface area contributed by atoms with Gasteiger partial charge in [0, 0.05) is 66.6 Å². The summed E-state index contributed by atoms with van der Waals surface area (Å²) in [6.45, 7) is 0. The molecular formula is C54H32N2O2. The van der Waals surface area contributed by atoms with Gasteiger partial charge in [0.15, 0.2) is 0 Å². The van der Waals surface area contributed by atoms with Crippen molar-refractivity contribution in [3.05, 3.63) is 194 Å². The van der Waals surface area contributed by atoms with Crippen LogP contribution in [0.4, 0.5) is 0 Å². The number of hydrogen-bond donors (Lipinski definition) is 0. The number of fused-ring (bicyclic) bond motifs is 12. The highest BCUT2D eigenvalue weighted by Gasteiger charge is 2.18. The van der Waals surface area contributed by atoms with Crippen LogP contribution in [0.25, 0.3) is 121 Å². The molecule has 0 bridgehead atoms. The van der Waals surface area contributed by atoms with E-state index >= 15 is 0 Å². The van der Waals surface area contributed by atoms with Gasteiger partial charge in [-0.15, -0.1) is 0 Å². The Morgan fingerprint density at radius 2 is 0.586 bits per heavy atom. The second-order valence-electron chi connectivity index (χ2n) is 15.3. The van der Waals surface area contributed by atoms with E-state index in [0.29, 0.717) is 0 Å². The van der Waals surface area contributed by atoms with Crippen LogP contribution in [0.5, 0.6) is 0 Å². The number of rotatable bonds is 4. The Labute approximate surface area is 332 Å². The van der Waals surface area contributed by atoms with E-state index in [1.165, 1.54) is 54.8 Å². The van der Waals surface area contributed by atoms with Gasteiger partial charge in [0.1, 0.15) is 22.3 Å². The minimum Gasteiger partial charge on any atom is -0.456 e. The third-order valence-electron chi connectivity index (χ3n) is 12.1. The van der Waals surface area contributed by atoms with Gasteiger partial charge >= 0.3 is 0 Å². The summed E-state index contributed by atoms with van der Waals surface area (Å²) >= 11 is 0. The SMILES string of the molecule is c1ccc2c(c1)oc1cc3c(cc12)c1ccccc1n3-c1ccc(-c2ccc(-c3ccc(-n4c5ccccc5c5cc6c(cc54)oc4ccccc46)cc3)cc2)cc1. The smallest absolute Gasteiger partial charge is 0.137 e. The van der Waals surface area contributed by atoms with Crippen LogP contribution >= 0.6 is 0 Å². The first kappa shape index (κ1) is 31.4. The lowest BCUT2D eigenvalue weighted by Crippen LogP contribution is -1.94. The predicted octanol–water partition coefficient (Wildman–Crippen LogP) is 15.0. The number of para-hydroxylation sites is 4. The van der Waals surface area contributed by atoms with Gasteiger partial charge in [-0.1, -0.05) is 121 Å². The molecule has 13 aromatic rings. The number of furan rings is 2. The molecule has 0 saturated heterocycles. The van der Waals surface area contributed by atoms with Crippen LogP contribution in [-0.2, 0) is 0 Å². The molecular weight excluding hydrogens is 709 g/mol. The van der Waals surface area contributed by atoms with Gasteiger partial charge in [0.2, 0.25) is 0 Å². The fourth-order valence-electron chi connectivity index (χ4n) is 9.39. The topological polar surface area (TPSA) is 36.1 Å². The van der Waals surface area contributed by atoms with Gasteiger partial charge in [-0.25, -0.2) is 0 Å². The van der Waals surface area contributed by atoms with Crippen LogP contribution in [0, 0.1) is 0 Å². The third-order valence-corrected chi connectivity index (χ3v) is 12.1. The molecule has 270 valence electrons. The maximum atomic E-state index is 6.32. The van der Waals surface area contributed by atoms with Crippen molar-refractivity contribution in [3.8, 4) is 33.6 Å². The zero-order chi connectivity index (χ0) is 37.9. The molecule has 0 aliphatic heterocycles. The van der Waals surface area contributed by atoms with Crippen LogP contribution in [0.2, 0.25) is 0 Å². The Kier molecular flexibility index (Phi) is 6.41. The van der Waals surface area contributed by atoms with E-state index in [-0.39, 0.29) is 0 Å². The van der Waals surface area contributed by atoms with E-state index in [4.69, 9.17) is 8.83 Å². The Bertz CT molecular complexity index is 3510. The van der Waals surface area contributed by atoms with Crippen molar-refractivity contribution < 1.29 is 8.83 Å². The fraction of sp³-hybridized carbons (Fsp3) is 0. The molecule has 0 spiro atoms. The first-order valence-corrected chi connectivity index (χ1v) is 19.7. The minimum atomic E-state index is 0.903. The fourth-order valence-corrected chi connectivity index (χ4v) is 9.39. The molecule has 0 fully saturated rings. The van der Waals surface area contributed by atoms with E-state index in [1.54, 1.807) is 0 Å². The summed E-state index contributed by atoms with van der Waals surface area (Å²) in [7, 11) is 0. The molecule has 58 heavy (non-hydrogen) atoms. The average Bonchev–Trinajstić information content (AvgIpc) is 4.02. The van der Waals surface area contributed by atoms with Crippen LogP contribution < -0.4 is 0 Å². The summed E-state index contributed by atoms with van der Waals surface area (Å²) in [5.41, 5.74) is 15.2. The Morgan fingerprint density at radius 1 is 0.241 bits per heavy atom. The first-order valence-electron chi connectivity index (χ1n) is 19.7. The van der Waals surface area contributed by atoms with Crippen LogP contribution in [0.1, 0.15) is 0 Å². The van der Waals surface area contributed by atoms with Crippen molar-refractivity contribution in [1.29, 1.82) is 0 Å². The van der Waals surface area contributed by atoms with E-state index in [2.05, 4.69) is 179 Å². The van der Waals surface area contributed by atoms with Crippen molar-refractivity contribution >= 4 is 87.5 Å². The lowest BCUT2D eigenvalue weighted by molar-refractivity contribution is 0.669. The third kappa shape index (κ3) is 4.51. The van der Waals surface area contributed by atoms with E-state index < -0.39 is 0 Å². The Hall–Kier alpha value is -7.82. The van der Waals surface area contributed by atoms with Gasteiger partial charge in [0.25, 0.3) is 0 Å². The van der Waals surface area contributed by atoms with Crippen LogP contribution in [-0.4, -0.2) is 9.13 Å². The van der Waals surface area contributed by atoms with Gasteiger partial charge in [0.05, 0.1) is 22.1 Å². The summed E-state index contributed by atoms with van der Waals surface area (Å²) < 4.78 is 17.4. The molecule has 9 aromatic carbocycles. The molecule has 0 saturated carbocycles. The van der Waals surface area contributed by atoms with Crippen molar-refractivity contribution in [2.24, 2.45) is 0 Å². The summed E-state index contributed by atoms with van der Waals surface area (Å²) in [6.07, 6.45) is 0. The summed E-state index contributed by atoms with van der Waals surface area (Å²) in [5, 5.41) is 9.50. The highest BCUT2D eigenvalue weighted by molar-refractivity contribution is 6.18. The number of hydrogen-bond acceptors (Lipinski definition) is 2. The molecule has 0 aliphatic rings. The second-order valence-corrected chi connectivity index (χ2v) is 15.3. The molecule has 4 heteroatoms. The maximum absolute atomic E-state index is 6.32. The molecule has 0 aliphatic carbocycles. The zero-order valence-corrected chi connectivity index (χ0v) is 31.2. The average molecular weight is 741 g/mol. The quantitative estimate of drug-likeness (QED) is 0.180. The standard InChI is InChI=1S/C54H32N2O2/c1-5-13-47-39(9-1)43-29-45-41-11-3-7-15-51(41)57-53(45)31-49(43)55(47)37-25-21-35(22-26-37)33-17-19-34(20-18-33)36-23-27-38(28-24-36)56-48-14-6-2-10-40(48)44-30-46-42-12-4-8-16-52(42)58-54(46)32-50(44)56/h1-32H. The van der Waals surface area contributed by atoms with Gasteiger partial charge in [-0.3, -0.25) is 0 Å². The number of aromatic nitrogens is 2. The van der Waals surface area contributed by atoms with Gasteiger partial charge < -0.3 is 18.0 Å².